The lowest BCUT2D eigenvalue weighted by molar-refractivity contribution is 0.0300. The number of imidazole rings is 1. The van der Waals surface area contributed by atoms with Crippen LogP contribution in [0.5, 0.6) is 0 Å². The molecular formula is C23H28N8O. The Bertz CT molecular complexity index is 1260. The van der Waals surface area contributed by atoms with Crippen LogP contribution in [0.15, 0.2) is 36.5 Å². The summed E-state index contributed by atoms with van der Waals surface area (Å²) in [5.74, 6) is 4.80. The molecule has 166 valence electrons. The smallest absolute Gasteiger partial charge is 0.227 e. The van der Waals surface area contributed by atoms with E-state index < -0.39 is 5.60 Å². The van der Waals surface area contributed by atoms with Crippen LogP contribution in [0.25, 0.3) is 16.9 Å². The molecule has 9 heteroatoms. The summed E-state index contributed by atoms with van der Waals surface area (Å²) in [5, 5.41) is 14.1. The van der Waals surface area contributed by atoms with Crippen molar-refractivity contribution in [2.75, 3.05) is 18.0 Å². The summed E-state index contributed by atoms with van der Waals surface area (Å²) >= 11 is 0. The lowest BCUT2D eigenvalue weighted by Crippen LogP contribution is -2.60. The van der Waals surface area contributed by atoms with Crippen molar-refractivity contribution in [3.8, 4) is 5.82 Å². The fourth-order valence-corrected chi connectivity index (χ4v) is 4.14. The quantitative estimate of drug-likeness (QED) is 0.531. The van der Waals surface area contributed by atoms with Gasteiger partial charge in [-0.1, -0.05) is 12.1 Å². The predicted molar refractivity (Wildman–Crippen MR) is 122 cm³/mol. The van der Waals surface area contributed by atoms with E-state index in [9.17, 15) is 5.11 Å². The van der Waals surface area contributed by atoms with Gasteiger partial charge in [-0.05, 0) is 45.7 Å². The molecule has 0 radical (unpaired) electrons. The number of fused-ring (bicyclic) bond motifs is 1. The first-order valence-corrected chi connectivity index (χ1v) is 10.9. The first kappa shape index (κ1) is 20.6. The van der Waals surface area contributed by atoms with Crippen molar-refractivity contribution in [1.29, 1.82) is 0 Å². The molecule has 4 aromatic rings. The van der Waals surface area contributed by atoms with Gasteiger partial charge >= 0.3 is 0 Å². The fraction of sp³-hybridized carbons (Fsp3) is 0.435. The maximum absolute atomic E-state index is 9.75. The van der Waals surface area contributed by atoms with Crippen LogP contribution in [-0.4, -0.2) is 58.1 Å². The van der Waals surface area contributed by atoms with Gasteiger partial charge in [0.1, 0.15) is 17.5 Å². The van der Waals surface area contributed by atoms with Crippen molar-refractivity contribution < 1.29 is 5.11 Å². The molecular weight excluding hydrogens is 404 g/mol. The van der Waals surface area contributed by atoms with Crippen LogP contribution in [-0.2, 0) is 7.05 Å². The number of para-hydroxylation sites is 2. The minimum Gasteiger partial charge on any atom is -0.386 e. The van der Waals surface area contributed by atoms with Gasteiger partial charge in [-0.2, -0.15) is 9.67 Å². The summed E-state index contributed by atoms with van der Waals surface area (Å²) in [6.45, 7) is 6.63. The lowest BCUT2D eigenvalue weighted by Gasteiger charge is -2.44. The molecule has 0 amide bonds. The Morgan fingerprint density at radius 1 is 1.03 bits per heavy atom. The molecule has 1 aromatic carbocycles. The van der Waals surface area contributed by atoms with Gasteiger partial charge in [0.15, 0.2) is 5.82 Å². The highest BCUT2D eigenvalue weighted by atomic mass is 16.3. The average molecular weight is 433 g/mol. The topological polar surface area (TPSA) is 97.8 Å². The molecule has 1 saturated carbocycles. The summed E-state index contributed by atoms with van der Waals surface area (Å²) in [5.41, 5.74) is 1.75. The zero-order chi connectivity index (χ0) is 22.5. The van der Waals surface area contributed by atoms with E-state index in [4.69, 9.17) is 0 Å². The highest BCUT2D eigenvalue weighted by Gasteiger charge is 2.38. The molecule has 0 bridgehead atoms. The van der Waals surface area contributed by atoms with Crippen LogP contribution >= 0.6 is 0 Å². The summed E-state index contributed by atoms with van der Waals surface area (Å²) in [6.07, 6.45) is 4.33. The van der Waals surface area contributed by atoms with Gasteiger partial charge in [-0.25, -0.2) is 15.0 Å². The number of rotatable bonds is 3. The first-order chi connectivity index (χ1) is 15.3. The van der Waals surface area contributed by atoms with Gasteiger partial charge in [0.25, 0.3) is 0 Å². The van der Waals surface area contributed by atoms with Crippen molar-refractivity contribution in [1.82, 2.24) is 34.3 Å². The number of β-amino-alcohol motifs (C(OH)–C–C–N with tert-alkyl or cyclic N) is 1. The Balaban J connectivity index is 0.000000144. The standard InChI is InChI=1S/C12H16N6O.C11H12N2/c1-8-14-9(2)18(16-8)10-4-5-13-11(15-10)17-6-12(3,19)7-17;1-13-10-5-3-2-4-9(10)12-11(13)8-6-7-8/h4-5,19H,6-7H2,1-3H3;2-5,8H,6-7H2,1H3. The van der Waals surface area contributed by atoms with Gasteiger partial charge < -0.3 is 14.6 Å². The number of hydrogen-bond acceptors (Lipinski definition) is 7. The van der Waals surface area contributed by atoms with Crippen LogP contribution in [0.1, 0.15) is 43.2 Å². The van der Waals surface area contributed by atoms with Gasteiger partial charge in [0, 0.05) is 25.2 Å². The third kappa shape index (κ3) is 3.95. The minimum atomic E-state index is -0.640. The van der Waals surface area contributed by atoms with Crippen molar-refractivity contribution in [2.45, 2.75) is 45.1 Å². The summed E-state index contributed by atoms with van der Waals surface area (Å²) < 4.78 is 3.92. The summed E-state index contributed by atoms with van der Waals surface area (Å²) in [6, 6.07) is 10.1. The van der Waals surface area contributed by atoms with Crippen LogP contribution in [0, 0.1) is 13.8 Å². The van der Waals surface area contributed by atoms with Gasteiger partial charge in [0.05, 0.1) is 29.7 Å². The largest absolute Gasteiger partial charge is 0.386 e. The molecule has 1 aliphatic carbocycles. The molecule has 4 heterocycles. The Hall–Kier alpha value is -3.33. The minimum absolute atomic E-state index is 0.547. The normalized spacial score (nSPS) is 17.1. The molecule has 2 fully saturated rings. The molecule has 2 aliphatic rings. The number of anilines is 1. The number of benzene rings is 1. The van der Waals surface area contributed by atoms with E-state index in [0.29, 0.717) is 30.7 Å². The van der Waals surface area contributed by atoms with E-state index in [0.717, 1.165) is 17.3 Å². The van der Waals surface area contributed by atoms with Crippen LogP contribution in [0.3, 0.4) is 0 Å². The molecule has 1 aliphatic heterocycles. The Kier molecular flexibility index (Phi) is 4.93. The number of hydrogen-bond donors (Lipinski definition) is 1. The monoisotopic (exact) mass is 432 g/mol. The second kappa shape index (κ2) is 7.67. The molecule has 1 saturated heterocycles. The SMILES string of the molecule is Cc1nc(C)n(-c2ccnc(N3CC(C)(O)C3)n2)n1.Cn1c(C2CC2)nc2ccccc21. The van der Waals surface area contributed by atoms with E-state index in [1.165, 1.54) is 24.2 Å². The van der Waals surface area contributed by atoms with Crippen LogP contribution < -0.4 is 4.90 Å². The van der Waals surface area contributed by atoms with Crippen molar-refractivity contribution in [3.05, 3.63) is 54.0 Å². The first-order valence-electron chi connectivity index (χ1n) is 10.9. The maximum atomic E-state index is 9.75. The molecule has 0 unspecified atom stereocenters. The molecule has 6 rings (SSSR count). The second-order valence-corrected chi connectivity index (χ2v) is 8.98. The van der Waals surface area contributed by atoms with E-state index in [1.54, 1.807) is 23.9 Å². The van der Waals surface area contributed by atoms with E-state index in [1.807, 2.05) is 24.8 Å². The fourth-order valence-electron chi connectivity index (χ4n) is 4.14. The second-order valence-electron chi connectivity index (χ2n) is 8.98. The molecule has 0 spiro atoms. The van der Waals surface area contributed by atoms with Crippen molar-refractivity contribution in [3.63, 3.8) is 0 Å². The van der Waals surface area contributed by atoms with Crippen LogP contribution in [0.4, 0.5) is 5.95 Å². The van der Waals surface area contributed by atoms with Crippen molar-refractivity contribution >= 4 is 17.0 Å². The Morgan fingerprint density at radius 2 is 1.78 bits per heavy atom. The molecule has 3 aromatic heterocycles. The predicted octanol–water partition coefficient (Wildman–Crippen LogP) is 2.70. The Morgan fingerprint density at radius 3 is 2.41 bits per heavy atom. The zero-order valence-electron chi connectivity index (χ0n) is 18.9. The van der Waals surface area contributed by atoms with E-state index >= 15 is 0 Å². The molecule has 9 nitrogen and oxygen atoms in total. The maximum Gasteiger partial charge on any atom is 0.227 e. The third-order valence-electron chi connectivity index (χ3n) is 5.83. The number of aryl methyl sites for hydroxylation is 3. The average Bonchev–Trinajstić information content (AvgIpc) is 3.46. The summed E-state index contributed by atoms with van der Waals surface area (Å²) in [7, 11) is 2.11. The van der Waals surface area contributed by atoms with Crippen molar-refractivity contribution in [2.24, 2.45) is 7.05 Å². The molecule has 1 N–H and O–H groups in total. The third-order valence-corrected chi connectivity index (χ3v) is 5.83. The highest BCUT2D eigenvalue weighted by molar-refractivity contribution is 5.76. The van der Waals surface area contributed by atoms with Gasteiger partial charge in [0.2, 0.25) is 5.95 Å². The molecule has 32 heavy (non-hydrogen) atoms. The zero-order valence-corrected chi connectivity index (χ0v) is 18.9. The number of nitrogens with zero attached hydrogens (tertiary/aromatic N) is 8. The Labute approximate surface area is 186 Å². The lowest BCUT2D eigenvalue weighted by atomic mass is 9.98. The van der Waals surface area contributed by atoms with E-state index in [-0.39, 0.29) is 0 Å². The number of aromatic nitrogens is 7. The number of aliphatic hydroxyl groups is 1. The van der Waals surface area contributed by atoms with Gasteiger partial charge in [-0.15, -0.1) is 5.10 Å². The summed E-state index contributed by atoms with van der Waals surface area (Å²) in [4.78, 5) is 19.5. The highest BCUT2D eigenvalue weighted by Crippen LogP contribution is 2.40. The van der Waals surface area contributed by atoms with E-state index in [2.05, 4.69) is 54.8 Å². The van der Waals surface area contributed by atoms with Gasteiger partial charge in [-0.3, -0.25) is 0 Å². The van der Waals surface area contributed by atoms with Crippen LogP contribution in [0.2, 0.25) is 0 Å². The molecule has 0 atom stereocenters.